The Balaban J connectivity index is 2.05. The van der Waals surface area contributed by atoms with E-state index in [0.717, 1.165) is 0 Å². The molecule has 1 amide bonds. The summed E-state index contributed by atoms with van der Waals surface area (Å²) in [6.07, 6.45) is -4.18. The van der Waals surface area contributed by atoms with Crippen LogP contribution in [-0.2, 0) is 9.53 Å². The number of aliphatic imine (C=N–C) groups is 1. The van der Waals surface area contributed by atoms with E-state index in [0.29, 0.717) is 24.3 Å². The van der Waals surface area contributed by atoms with Gasteiger partial charge in [-0.2, -0.15) is 13.2 Å². The maximum Gasteiger partial charge on any atom is 0.405 e. The molecule has 0 saturated heterocycles. The monoisotopic (exact) mass is 503 g/mol. The SMILES string of the molecule is C=CC[C@@]1(C(=O)NCC(F)(F)F)N=C(c2ccc(OCCCO)cc2)O[C@@H]1c1ccccc1N=[N+]=[N-]. The van der Waals surface area contributed by atoms with Crippen molar-refractivity contribution in [2.45, 2.75) is 30.7 Å². The normalized spacial score (nSPS) is 19.0. The molecule has 36 heavy (non-hydrogen) atoms. The Morgan fingerprint density at radius 3 is 2.67 bits per heavy atom. The van der Waals surface area contributed by atoms with Gasteiger partial charge in [-0.25, -0.2) is 4.99 Å². The van der Waals surface area contributed by atoms with Gasteiger partial charge in [0.15, 0.2) is 11.6 Å². The van der Waals surface area contributed by atoms with Gasteiger partial charge in [0.25, 0.3) is 5.91 Å². The van der Waals surface area contributed by atoms with Crippen molar-refractivity contribution in [2.75, 3.05) is 19.8 Å². The molecule has 1 aliphatic heterocycles. The summed E-state index contributed by atoms with van der Waals surface area (Å²) in [5.41, 5.74) is 8.01. The Kier molecular flexibility index (Phi) is 8.57. The van der Waals surface area contributed by atoms with Crippen molar-refractivity contribution < 1.29 is 32.5 Å². The maximum absolute atomic E-state index is 13.2. The van der Waals surface area contributed by atoms with Gasteiger partial charge in [0.2, 0.25) is 5.90 Å². The predicted molar refractivity (Wildman–Crippen MR) is 126 cm³/mol. The first kappa shape index (κ1) is 26.6. The lowest BCUT2D eigenvalue weighted by Gasteiger charge is -2.30. The summed E-state index contributed by atoms with van der Waals surface area (Å²) in [5, 5.41) is 14.4. The maximum atomic E-state index is 13.2. The Bertz CT molecular complexity index is 1160. The van der Waals surface area contributed by atoms with Crippen molar-refractivity contribution in [2.24, 2.45) is 10.1 Å². The molecule has 0 unspecified atom stereocenters. The van der Waals surface area contributed by atoms with Crippen LogP contribution in [0.3, 0.4) is 0 Å². The molecular formula is C24H24F3N5O4. The standard InChI is InChI=1S/C24H24F3N5O4/c1-2-12-23(22(34)29-15-24(25,26)27)20(18-6-3-4-7-19(18)31-32-28)36-21(30-23)16-8-10-17(11-9-16)35-14-5-13-33/h2-4,6-11,20,33H,1,5,12-15H2,(H,29,34)/t20-,23-/m1/s1. The number of aliphatic hydroxyl groups excluding tert-OH is 1. The molecule has 3 rings (SSSR count). The second-order valence-electron chi connectivity index (χ2n) is 7.83. The number of carbonyl (C=O) groups is 1. The molecule has 0 bridgehead atoms. The first-order chi connectivity index (χ1) is 17.2. The molecule has 0 aliphatic carbocycles. The van der Waals surface area contributed by atoms with Crippen molar-refractivity contribution in [1.29, 1.82) is 0 Å². The van der Waals surface area contributed by atoms with Gasteiger partial charge in [-0.15, -0.1) is 6.58 Å². The zero-order valence-electron chi connectivity index (χ0n) is 19.1. The zero-order chi connectivity index (χ0) is 26.2. The minimum atomic E-state index is -4.64. The average molecular weight is 503 g/mol. The average Bonchev–Trinajstić information content (AvgIpc) is 3.24. The molecule has 2 atom stereocenters. The number of alkyl halides is 3. The summed E-state index contributed by atoms with van der Waals surface area (Å²) < 4.78 is 50.3. The number of hydrogen-bond acceptors (Lipinski definition) is 6. The number of hydrogen-bond donors (Lipinski definition) is 2. The fourth-order valence-electron chi connectivity index (χ4n) is 3.69. The van der Waals surface area contributed by atoms with E-state index in [-0.39, 0.29) is 30.2 Å². The van der Waals surface area contributed by atoms with Crippen LogP contribution in [0.5, 0.6) is 5.75 Å². The molecule has 0 aromatic heterocycles. The van der Waals surface area contributed by atoms with Crippen LogP contribution in [0.4, 0.5) is 18.9 Å². The fourth-order valence-corrected chi connectivity index (χ4v) is 3.69. The van der Waals surface area contributed by atoms with E-state index in [4.69, 9.17) is 20.1 Å². The third-order valence-corrected chi connectivity index (χ3v) is 5.31. The lowest BCUT2D eigenvalue weighted by atomic mass is 9.84. The summed E-state index contributed by atoms with van der Waals surface area (Å²) in [4.78, 5) is 20.5. The van der Waals surface area contributed by atoms with Crippen LogP contribution in [0.25, 0.3) is 10.4 Å². The number of nitrogens with zero attached hydrogens (tertiary/aromatic N) is 4. The van der Waals surface area contributed by atoms with Gasteiger partial charge in [0, 0.05) is 41.2 Å². The molecular weight excluding hydrogens is 479 g/mol. The van der Waals surface area contributed by atoms with E-state index in [1.165, 1.54) is 12.1 Å². The third kappa shape index (κ3) is 6.15. The number of rotatable bonds is 11. The van der Waals surface area contributed by atoms with Crippen LogP contribution < -0.4 is 10.1 Å². The summed E-state index contributed by atoms with van der Waals surface area (Å²) in [5.74, 6) is -0.475. The number of halogens is 3. The van der Waals surface area contributed by atoms with Gasteiger partial charge >= 0.3 is 6.18 Å². The Hall–Kier alpha value is -4.02. The van der Waals surface area contributed by atoms with Crippen LogP contribution in [0.1, 0.15) is 30.1 Å². The van der Waals surface area contributed by atoms with E-state index in [2.05, 4.69) is 21.6 Å². The Morgan fingerprint density at radius 2 is 2.03 bits per heavy atom. The lowest BCUT2D eigenvalue weighted by Crippen LogP contribution is -2.50. The van der Waals surface area contributed by atoms with Crippen molar-refractivity contribution in [1.82, 2.24) is 5.32 Å². The largest absolute Gasteiger partial charge is 0.494 e. The topological polar surface area (TPSA) is 129 Å². The van der Waals surface area contributed by atoms with Crippen LogP contribution >= 0.6 is 0 Å². The molecule has 1 heterocycles. The molecule has 0 radical (unpaired) electrons. The van der Waals surface area contributed by atoms with Crippen LogP contribution in [0, 0.1) is 0 Å². The summed E-state index contributed by atoms with van der Waals surface area (Å²) in [7, 11) is 0. The van der Waals surface area contributed by atoms with Crippen molar-refractivity contribution in [3.8, 4) is 5.75 Å². The fraction of sp³-hybridized carbons (Fsp3) is 0.333. The van der Waals surface area contributed by atoms with Crippen molar-refractivity contribution in [3.63, 3.8) is 0 Å². The van der Waals surface area contributed by atoms with Gasteiger partial charge in [-0.05, 0) is 29.8 Å². The summed E-state index contributed by atoms with van der Waals surface area (Å²) >= 11 is 0. The number of aliphatic hydroxyl groups is 1. The van der Waals surface area contributed by atoms with E-state index in [1.54, 1.807) is 42.5 Å². The second-order valence-corrected chi connectivity index (χ2v) is 7.83. The molecule has 190 valence electrons. The minimum absolute atomic E-state index is 0.0107. The minimum Gasteiger partial charge on any atom is -0.494 e. The highest BCUT2D eigenvalue weighted by Gasteiger charge is 2.53. The number of carbonyl (C=O) groups excluding carboxylic acids is 1. The first-order valence-electron chi connectivity index (χ1n) is 10.9. The van der Waals surface area contributed by atoms with E-state index in [9.17, 15) is 18.0 Å². The molecule has 12 heteroatoms. The van der Waals surface area contributed by atoms with Crippen LogP contribution in [0.15, 0.2) is 71.3 Å². The molecule has 2 aromatic rings. The molecule has 0 spiro atoms. The number of azide groups is 1. The van der Waals surface area contributed by atoms with Crippen molar-refractivity contribution >= 4 is 17.5 Å². The summed E-state index contributed by atoms with van der Waals surface area (Å²) in [6, 6.07) is 12.8. The molecule has 0 saturated carbocycles. The quantitative estimate of drug-likeness (QED) is 0.149. The van der Waals surface area contributed by atoms with Crippen molar-refractivity contribution in [3.05, 3.63) is 82.8 Å². The Morgan fingerprint density at radius 1 is 1.31 bits per heavy atom. The highest BCUT2D eigenvalue weighted by Crippen LogP contribution is 2.45. The highest BCUT2D eigenvalue weighted by molar-refractivity contribution is 6.01. The van der Waals surface area contributed by atoms with Gasteiger partial charge in [-0.3, -0.25) is 4.79 Å². The first-order valence-corrected chi connectivity index (χ1v) is 10.9. The number of amides is 1. The molecule has 0 fully saturated rings. The number of nitrogens with one attached hydrogen (secondary N) is 1. The second kappa shape index (κ2) is 11.6. The summed E-state index contributed by atoms with van der Waals surface area (Å²) in [6.45, 7) is 2.40. The Labute approximate surface area is 204 Å². The highest BCUT2D eigenvalue weighted by atomic mass is 19.4. The van der Waals surface area contributed by atoms with Gasteiger partial charge in [0.1, 0.15) is 12.3 Å². The third-order valence-electron chi connectivity index (χ3n) is 5.31. The number of ether oxygens (including phenoxy) is 2. The van der Waals surface area contributed by atoms with E-state index < -0.39 is 30.3 Å². The molecule has 1 aliphatic rings. The van der Waals surface area contributed by atoms with E-state index in [1.807, 2.05) is 5.32 Å². The smallest absolute Gasteiger partial charge is 0.405 e. The zero-order valence-corrected chi connectivity index (χ0v) is 19.1. The number of benzene rings is 2. The molecule has 9 nitrogen and oxygen atoms in total. The van der Waals surface area contributed by atoms with E-state index >= 15 is 0 Å². The molecule has 2 N–H and O–H groups in total. The predicted octanol–water partition coefficient (Wildman–Crippen LogP) is 4.90. The lowest BCUT2D eigenvalue weighted by molar-refractivity contribution is -0.143. The van der Waals surface area contributed by atoms with Crippen LogP contribution in [-0.4, -0.2) is 48.4 Å². The van der Waals surface area contributed by atoms with Crippen LogP contribution in [0.2, 0.25) is 0 Å². The van der Waals surface area contributed by atoms with Gasteiger partial charge in [0.05, 0.1) is 6.61 Å². The van der Waals surface area contributed by atoms with Gasteiger partial charge < -0.3 is 19.9 Å². The van der Waals surface area contributed by atoms with Gasteiger partial charge in [-0.1, -0.05) is 35.5 Å². The molecule has 2 aromatic carbocycles.